The number of nitrogens with zero attached hydrogens (tertiary/aromatic N) is 3. The van der Waals surface area contributed by atoms with Crippen LogP contribution in [0.5, 0.6) is 0 Å². The van der Waals surface area contributed by atoms with E-state index in [1.807, 2.05) is 11.0 Å². The van der Waals surface area contributed by atoms with E-state index in [2.05, 4.69) is 48.6 Å². The molecule has 0 atom stereocenters. The molecule has 3 aliphatic rings. The van der Waals surface area contributed by atoms with Crippen molar-refractivity contribution in [3.63, 3.8) is 0 Å². The third-order valence-corrected chi connectivity index (χ3v) is 8.27. The summed E-state index contributed by atoms with van der Waals surface area (Å²) in [4.78, 5) is 42.6. The summed E-state index contributed by atoms with van der Waals surface area (Å²) in [5, 5.41) is 13.4. The van der Waals surface area contributed by atoms with Crippen LogP contribution < -0.4 is 11.1 Å². The van der Waals surface area contributed by atoms with E-state index < -0.39 is 23.0 Å². The van der Waals surface area contributed by atoms with Crippen molar-refractivity contribution < 1.29 is 19.5 Å². The number of nitrogens with two attached hydrogens (primary N) is 1. The van der Waals surface area contributed by atoms with Crippen molar-refractivity contribution in [1.29, 1.82) is 0 Å². The number of rotatable bonds is 8. The zero-order chi connectivity index (χ0) is 24.6. The number of nitrogens with one attached hydrogen (secondary N) is 1. The van der Waals surface area contributed by atoms with Crippen LogP contribution >= 0.6 is 0 Å². The van der Waals surface area contributed by atoms with Gasteiger partial charge in [-0.3, -0.25) is 14.5 Å². The maximum atomic E-state index is 13.5. The summed E-state index contributed by atoms with van der Waals surface area (Å²) in [6.07, 6.45) is 5.64. The Morgan fingerprint density at radius 2 is 1.74 bits per heavy atom. The quantitative estimate of drug-likeness (QED) is 0.523. The largest absolute Gasteiger partial charge is 0.388 e. The Kier molecular flexibility index (Phi) is 6.61. The van der Waals surface area contributed by atoms with Gasteiger partial charge in [-0.25, -0.2) is 4.79 Å². The molecule has 1 spiro atoms. The lowest BCUT2D eigenvalue weighted by Gasteiger charge is -2.52. The molecule has 4 amide bonds. The number of hydrogen-bond donors (Lipinski definition) is 3. The van der Waals surface area contributed by atoms with Crippen LogP contribution in [-0.2, 0) is 15.1 Å². The van der Waals surface area contributed by atoms with E-state index in [1.54, 1.807) is 4.90 Å². The molecule has 9 nitrogen and oxygen atoms in total. The maximum absolute atomic E-state index is 13.5. The highest BCUT2D eigenvalue weighted by Crippen LogP contribution is 2.49. The van der Waals surface area contributed by atoms with Crippen LogP contribution in [0.25, 0.3) is 0 Å². The molecular formula is C25H37N5O4. The SMILES string of the molecule is CN(C)[C@]1(c2ccccc2)CC[C@@]2(CC1)CN(CC(=O)NCC(N)=O)C(=O)N2CC1(O)CCC1. The van der Waals surface area contributed by atoms with Crippen molar-refractivity contribution in [3.8, 4) is 0 Å². The predicted octanol–water partition coefficient (Wildman–Crippen LogP) is 1.01. The molecule has 2 aliphatic carbocycles. The first-order valence-corrected chi connectivity index (χ1v) is 12.2. The fourth-order valence-corrected chi connectivity index (χ4v) is 5.99. The third kappa shape index (κ3) is 4.51. The summed E-state index contributed by atoms with van der Waals surface area (Å²) in [6, 6.07) is 10.3. The lowest BCUT2D eigenvalue weighted by molar-refractivity contribution is -0.125. The van der Waals surface area contributed by atoms with E-state index in [9.17, 15) is 19.5 Å². The van der Waals surface area contributed by atoms with Gasteiger partial charge < -0.3 is 26.0 Å². The second-order valence-corrected chi connectivity index (χ2v) is 10.6. The number of benzene rings is 1. The number of amides is 4. The Bertz CT molecular complexity index is 922. The topological polar surface area (TPSA) is 119 Å². The van der Waals surface area contributed by atoms with Gasteiger partial charge in [-0.2, -0.15) is 0 Å². The Balaban J connectivity index is 1.56. The number of carbonyl (C=O) groups excluding carboxylic acids is 3. The van der Waals surface area contributed by atoms with Gasteiger partial charge in [-0.15, -0.1) is 0 Å². The molecule has 1 aliphatic heterocycles. The van der Waals surface area contributed by atoms with Crippen molar-refractivity contribution in [2.24, 2.45) is 5.73 Å². The van der Waals surface area contributed by atoms with Crippen LogP contribution in [0.3, 0.4) is 0 Å². The number of carbonyl (C=O) groups is 3. The highest BCUT2D eigenvalue weighted by atomic mass is 16.3. The molecule has 2 saturated carbocycles. The van der Waals surface area contributed by atoms with Gasteiger partial charge >= 0.3 is 6.03 Å². The maximum Gasteiger partial charge on any atom is 0.321 e. The lowest BCUT2D eigenvalue weighted by Crippen LogP contribution is -2.59. The van der Waals surface area contributed by atoms with Gasteiger partial charge in [0, 0.05) is 12.1 Å². The number of primary amides is 1. The molecule has 0 aromatic heterocycles. The highest BCUT2D eigenvalue weighted by molar-refractivity contribution is 5.88. The second-order valence-electron chi connectivity index (χ2n) is 10.6. The van der Waals surface area contributed by atoms with Crippen LogP contribution in [0.1, 0.15) is 50.5 Å². The van der Waals surface area contributed by atoms with E-state index in [1.165, 1.54) is 5.56 Å². The van der Waals surface area contributed by atoms with Crippen LogP contribution in [0.2, 0.25) is 0 Å². The van der Waals surface area contributed by atoms with Gasteiger partial charge in [0.2, 0.25) is 11.8 Å². The molecule has 1 aromatic carbocycles. The van der Waals surface area contributed by atoms with Gasteiger partial charge in [0.05, 0.1) is 24.2 Å². The molecule has 0 radical (unpaired) electrons. The number of aliphatic hydroxyl groups is 1. The predicted molar refractivity (Wildman–Crippen MR) is 128 cm³/mol. The molecule has 1 heterocycles. The van der Waals surface area contributed by atoms with Crippen LogP contribution in [0.4, 0.5) is 4.79 Å². The van der Waals surface area contributed by atoms with Crippen molar-refractivity contribution >= 4 is 17.8 Å². The van der Waals surface area contributed by atoms with E-state index in [0.717, 1.165) is 32.1 Å². The molecule has 0 bridgehead atoms. The highest BCUT2D eigenvalue weighted by Gasteiger charge is 2.56. The third-order valence-electron chi connectivity index (χ3n) is 8.27. The number of urea groups is 1. The fraction of sp³-hybridized carbons (Fsp3) is 0.640. The summed E-state index contributed by atoms with van der Waals surface area (Å²) in [6.45, 7) is 0.355. The van der Waals surface area contributed by atoms with Crippen LogP contribution in [0.15, 0.2) is 30.3 Å². The Morgan fingerprint density at radius 1 is 1.09 bits per heavy atom. The van der Waals surface area contributed by atoms with Gasteiger partial charge in [-0.1, -0.05) is 30.3 Å². The van der Waals surface area contributed by atoms with E-state index >= 15 is 0 Å². The van der Waals surface area contributed by atoms with E-state index in [0.29, 0.717) is 25.9 Å². The lowest BCUT2D eigenvalue weighted by atomic mass is 9.67. The van der Waals surface area contributed by atoms with Gasteiger partial charge in [-0.05, 0) is 64.6 Å². The Morgan fingerprint density at radius 3 is 2.26 bits per heavy atom. The Hall–Kier alpha value is -2.65. The number of hydrogen-bond acceptors (Lipinski definition) is 5. The summed E-state index contributed by atoms with van der Waals surface area (Å²) >= 11 is 0. The summed E-state index contributed by atoms with van der Waals surface area (Å²) in [5.41, 5.74) is 5.00. The van der Waals surface area contributed by atoms with E-state index in [-0.39, 0.29) is 24.7 Å². The molecule has 4 N–H and O–H groups in total. The molecule has 3 fully saturated rings. The summed E-state index contributed by atoms with van der Waals surface area (Å²) in [5.74, 6) is -1.03. The molecule has 4 rings (SSSR count). The van der Waals surface area contributed by atoms with Gasteiger partial charge in [0.15, 0.2) is 0 Å². The molecule has 9 heteroatoms. The number of β-amino-alcohol motifs (C(OH)–C–C–N with tert-alkyl or cyclic N) is 1. The summed E-state index contributed by atoms with van der Waals surface area (Å²) < 4.78 is 0. The first-order chi connectivity index (χ1) is 16.1. The summed E-state index contributed by atoms with van der Waals surface area (Å²) in [7, 11) is 4.21. The molecule has 1 aromatic rings. The minimum absolute atomic E-state index is 0.124. The van der Waals surface area contributed by atoms with Crippen LogP contribution in [0, 0.1) is 0 Å². The molecule has 0 unspecified atom stereocenters. The monoisotopic (exact) mass is 471 g/mol. The average Bonchev–Trinajstić information content (AvgIpc) is 3.03. The van der Waals surface area contributed by atoms with Crippen molar-refractivity contribution in [1.82, 2.24) is 20.0 Å². The zero-order valence-corrected chi connectivity index (χ0v) is 20.3. The molecule has 186 valence electrons. The second kappa shape index (κ2) is 9.19. The molecule has 1 saturated heterocycles. The minimum atomic E-state index is -0.845. The molecule has 34 heavy (non-hydrogen) atoms. The van der Waals surface area contributed by atoms with Crippen molar-refractivity contribution in [3.05, 3.63) is 35.9 Å². The van der Waals surface area contributed by atoms with Crippen molar-refractivity contribution in [2.45, 2.75) is 61.6 Å². The normalized spacial score (nSPS) is 28.3. The Labute approximate surface area is 201 Å². The first kappa shape index (κ1) is 24.5. The fourth-order valence-electron chi connectivity index (χ4n) is 5.99. The zero-order valence-electron chi connectivity index (χ0n) is 20.3. The van der Waals surface area contributed by atoms with Crippen molar-refractivity contribution in [2.75, 3.05) is 40.3 Å². The molecular weight excluding hydrogens is 434 g/mol. The smallest absolute Gasteiger partial charge is 0.321 e. The van der Waals surface area contributed by atoms with Gasteiger partial charge in [0.25, 0.3) is 0 Å². The van der Waals surface area contributed by atoms with E-state index in [4.69, 9.17) is 5.73 Å². The van der Waals surface area contributed by atoms with Crippen LogP contribution in [-0.4, -0.2) is 89.1 Å². The minimum Gasteiger partial charge on any atom is -0.388 e. The van der Waals surface area contributed by atoms with Gasteiger partial charge in [0.1, 0.15) is 6.54 Å². The average molecular weight is 472 g/mol. The first-order valence-electron chi connectivity index (χ1n) is 12.2. The standard InChI is InChI=1S/C25H37N5O4/c1-28(2)25(19-7-4-3-5-8-19)13-11-23(12-14-25)17-29(16-21(32)27-15-20(26)31)22(33)30(23)18-24(34)9-6-10-24/h3-5,7-8,34H,6,9-18H2,1-2H3,(H2,26,31)(H,27,32)/t23-,25-.